The van der Waals surface area contributed by atoms with Crippen LogP contribution in [0.4, 0.5) is 79.0 Å². The van der Waals surface area contributed by atoms with Crippen molar-refractivity contribution in [3.63, 3.8) is 0 Å². The van der Waals surface area contributed by atoms with E-state index in [0.717, 1.165) is 0 Å². The lowest BCUT2D eigenvalue weighted by Crippen LogP contribution is -2.06. The molecule has 8 bridgehead atoms. The number of aromatic amines is 2. The van der Waals surface area contributed by atoms with Gasteiger partial charge in [-0.15, -0.1) is 0 Å². The third-order valence-electron chi connectivity index (χ3n) is 10.1. The van der Waals surface area contributed by atoms with Crippen molar-refractivity contribution in [2.75, 3.05) is 0 Å². The number of ether oxygens (including phenoxy) is 1. The zero-order valence-corrected chi connectivity index (χ0v) is 31.6. The fourth-order valence-corrected chi connectivity index (χ4v) is 7.47. The van der Waals surface area contributed by atoms with Crippen molar-refractivity contribution >= 4 is 39.7 Å². The monoisotopic (exact) mass is 956 g/mol. The number of rotatable bonds is 4. The van der Waals surface area contributed by atoms with E-state index in [1.165, 1.54) is 0 Å². The Hall–Kier alpha value is -8.05. The molecular formula is C43H10F18N4O2. The highest BCUT2D eigenvalue weighted by Gasteiger charge is 2.38. The maximum Gasteiger partial charge on any atom is 0.364 e. The molecule has 0 saturated carbocycles. The summed E-state index contributed by atoms with van der Waals surface area (Å²) in [6.07, 6.45) is 0. The van der Waals surface area contributed by atoms with E-state index >= 15 is 61.5 Å². The summed E-state index contributed by atoms with van der Waals surface area (Å²) in [4.78, 5) is 24.2. The van der Waals surface area contributed by atoms with Crippen LogP contribution in [0.3, 0.4) is 0 Å². The molecule has 0 saturated heterocycles. The fourth-order valence-electron chi connectivity index (χ4n) is 7.47. The number of halogens is 18. The molecule has 0 atom stereocenters. The molecular weight excluding hydrogens is 946 g/mol. The molecule has 6 nitrogen and oxygen atoms in total. The molecule has 2 aliphatic rings. The lowest BCUT2D eigenvalue weighted by Gasteiger charge is -2.09. The van der Waals surface area contributed by atoms with E-state index in [4.69, 9.17) is 4.74 Å². The first-order valence-electron chi connectivity index (χ1n) is 18.0. The molecule has 9 rings (SSSR count). The van der Waals surface area contributed by atoms with Gasteiger partial charge in [-0.25, -0.2) is 93.8 Å². The van der Waals surface area contributed by atoms with Gasteiger partial charge in [-0.3, -0.25) is 0 Å². The van der Waals surface area contributed by atoms with Gasteiger partial charge >= 0.3 is 5.97 Å². The summed E-state index contributed by atoms with van der Waals surface area (Å²) >= 11 is 0. The van der Waals surface area contributed by atoms with Gasteiger partial charge in [-0.1, -0.05) is 0 Å². The number of carbonyl (C=O) groups excluding carboxylic acids is 1. The second kappa shape index (κ2) is 15.5. The van der Waals surface area contributed by atoms with Crippen LogP contribution in [0.15, 0.2) is 48.5 Å². The lowest BCUT2D eigenvalue weighted by molar-refractivity contribution is 0.0755. The summed E-state index contributed by atoms with van der Waals surface area (Å²) in [6, 6.07) is -1.12. The SMILES string of the molecule is O=C1Oc2nc1c(-c1c(F)cc(F)cc1F)c1[nH]c(c(F)c1F)c(-c1c(F)cc(F)cc1F)c1nc(c(-c3c(F)cc(F)cc3F)c3[nH]c(c(F)c3F)c2-c2c(F)cc(F)cc2F)C(F)=C1F. The smallest absolute Gasteiger partial charge is 0.364 e. The first kappa shape index (κ1) is 44.2. The number of esters is 1. The highest BCUT2D eigenvalue weighted by Crippen LogP contribution is 2.48. The Kier molecular flexibility index (Phi) is 10.2. The van der Waals surface area contributed by atoms with E-state index in [0.29, 0.717) is 0 Å². The Balaban J connectivity index is 1.68. The van der Waals surface area contributed by atoms with Crippen LogP contribution >= 0.6 is 0 Å². The Morgan fingerprint density at radius 3 is 0.881 bits per heavy atom. The molecule has 0 fully saturated rings. The summed E-state index contributed by atoms with van der Waals surface area (Å²) in [5, 5.41) is 0. The van der Waals surface area contributed by atoms with Crippen LogP contribution < -0.4 is 4.74 Å². The molecule has 0 amide bonds. The molecule has 340 valence electrons. The van der Waals surface area contributed by atoms with Gasteiger partial charge in [0, 0.05) is 65.2 Å². The molecule has 2 aliphatic heterocycles. The second-order valence-electron chi connectivity index (χ2n) is 14.1. The quantitative estimate of drug-likeness (QED) is 0.136. The van der Waals surface area contributed by atoms with Crippen LogP contribution in [-0.4, -0.2) is 25.9 Å². The first-order chi connectivity index (χ1) is 31.6. The van der Waals surface area contributed by atoms with Crippen molar-refractivity contribution in [1.29, 1.82) is 0 Å². The van der Waals surface area contributed by atoms with Gasteiger partial charge in [0.05, 0.1) is 49.9 Å². The minimum Gasteiger partial charge on any atom is -0.402 e. The minimum atomic E-state index is -2.59. The number of benzene rings is 4. The Bertz CT molecular complexity index is 3550. The Labute approximate surface area is 357 Å². The highest BCUT2D eigenvalue weighted by atomic mass is 19.2. The van der Waals surface area contributed by atoms with E-state index in [1.807, 2.05) is 0 Å². The van der Waals surface area contributed by atoms with Gasteiger partial charge in [0.25, 0.3) is 0 Å². The molecule has 4 aromatic carbocycles. The predicted molar refractivity (Wildman–Crippen MR) is 196 cm³/mol. The van der Waals surface area contributed by atoms with Crippen LogP contribution in [0.25, 0.3) is 78.2 Å². The summed E-state index contributed by atoms with van der Waals surface area (Å²) in [5.74, 6) is -43.0. The summed E-state index contributed by atoms with van der Waals surface area (Å²) in [7, 11) is 0. The standard InChI is InChI=1S/C43H10F18N4O2/c44-9-1-13(48)21(14(49)2-9)25-35-29(56)30(57)36(62-35)26(22-15(50)3-10(45)4-16(22)51)38-33(60)34(61)40(64-38)28(24-19(54)7-12(47)8-20(24)55)42-65-41(43(66)67-42)27(39-32(59)31(58)37(25)63-39)23-17(52)5-11(46)6-18(23)53/h1-8,63-64H. The average Bonchev–Trinajstić information content (AvgIpc) is 3.92. The van der Waals surface area contributed by atoms with Crippen molar-refractivity contribution < 1.29 is 88.6 Å². The zero-order chi connectivity index (χ0) is 48.4. The van der Waals surface area contributed by atoms with Crippen molar-refractivity contribution in [3.8, 4) is 50.4 Å². The van der Waals surface area contributed by atoms with Crippen LogP contribution in [-0.2, 0) is 0 Å². The lowest BCUT2D eigenvalue weighted by atomic mass is 10.0. The molecule has 24 heteroatoms. The van der Waals surface area contributed by atoms with E-state index in [9.17, 15) is 22.4 Å². The fraction of sp³-hybridized carbons (Fsp3) is 0. The van der Waals surface area contributed by atoms with E-state index in [2.05, 4.69) is 9.97 Å². The molecule has 0 aliphatic carbocycles. The number of nitrogens with one attached hydrogen (secondary N) is 2. The topological polar surface area (TPSA) is 83.7 Å². The third kappa shape index (κ3) is 6.75. The normalized spacial score (nSPS) is 12.7. The van der Waals surface area contributed by atoms with E-state index in [1.54, 1.807) is 9.97 Å². The summed E-state index contributed by atoms with van der Waals surface area (Å²) in [6.45, 7) is 0. The van der Waals surface area contributed by atoms with Crippen molar-refractivity contribution in [2.45, 2.75) is 0 Å². The maximum atomic E-state index is 16.6. The molecule has 0 spiro atoms. The minimum absolute atomic E-state index is 0.112. The van der Waals surface area contributed by atoms with Gasteiger partial charge in [0.1, 0.15) is 81.2 Å². The van der Waals surface area contributed by atoms with Gasteiger partial charge in [-0.2, -0.15) is 0 Å². The van der Waals surface area contributed by atoms with E-state index in [-0.39, 0.29) is 48.5 Å². The number of carbonyl (C=O) groups is 1. The van der Waals surface area contributed by atoms with Crippen molar-refractivity contribution in [2.24, 2.45) is 0 Å². The number of nitrogens with zero attached hydrogens (tertiary/aromatic N) is 2. The van der Waals surface area contributed by atoms with Crippen LogP contribution in [0.5, 0.6) is 5.88 Å². The molecule has 0 unspecified atom stereocenters. The zero-order valence-electron chi connectivity index (χ0n) is 31.6. The van der Waals surface area contributed by atoms with E-state index < -0.39 is 200 Å². The van der Waals surface area contributed by atoms with Crippen molar-refractivity contribution in [3.05, 3.63) is 159 Å². The molecule has 3 aromatic heterocycles. The number of fused-ring (bicyclic) bond motifs is 8. The number of H-pyrrole nitrogens is 2. The number of hydrogen-bond acceptors (Lipinski definition) is 4. The van der Waals surface area contributed by atoms with Crippen LogP contribution in [0.1, 0.15) is 21.9 Å². The number of hydrogen-bond donors (Lipinski definition) is 2. The Morgan fingerprint density at radius 2 is 0.582 bits per heavy atom. The summed E-state index contributed by atoms with van der Waals surface area (Å²) in [5.41, 5.74) is -27.5. The average molecular weight is 957 g/mol. The molecule has 5 heterocycles. The van der Waals surface area contributed by atoms with Crippen LogP contribution in [0, 0.1) is 93.1 Å². The molecule has 0 radical (unpaired) electrons. The van der Waals surface area contributed by atoms with Crippen molar-refractivity contribution in [1.82, 2.24) is 19.9 Å². The second-order valence-corrected chi connectivity index (χ2v) is 14.1. The first-order valence-corrected chi connectivity index (χ1v) is 18.0. The largest absolute Gasteiger partial charge is 0.402 e. The number of aromatic nitrogens is 4. The Morgan fingerprint density at radius 1 is 0.328 bits per heavy atom. The van der Waals surface area contributed by atoms with Gasteiger partial charge in [-0.05, 0) is 0 Å². The summed E-state index contributed by atoms with van der Waals surface area (Å²) < 4.78 is 287. The van der Waals surface area contributed by atoms with Gasteiger partial charge in [0.2, 0.25) is 5.88 Å². The molecule has 67 heavy (non-hydrogen) atoms. The molecule has 7 aromatic rings. The highest BCUT2D eigenvalue weighted by molar-refractivity contribution is 6.06. The van der Waals surface area contributed by atoms with Gasteiger partial charge < -0.3 is 14.7 Å². The predicted octanol–water partition coefficient (Wildman–Crippen LogP) is 13.2. The maximum absolute atomic E-state index is 16.6. The van der Waals surface area contributed by atoms with Gasteiger partial charge in [0.15, 0.2) is 40.6 Å². The molecule has 2 N–H and O–H groups in total. The third-order valence-corrected chi connectivity index (χ3v) is 10.1. The van der Waals surface area contributed by atoms with Crippen LogP contribution in [0.2, 0.25) is 0 Å².